The molecule has 5 rings (SSSR count). The number of fused-ring (bicyclic) bond motifs is 5. The van der Waals surface area contributed by atoms with Crippen molar-refractivity contribution in [1.29, 1.82) is 0 Å². The van der Waals surface area contributed by atoms with Crippen molar-refractivity contribution in [3.63, 3.8) is 0 Å². The molecule has 2 saturated carbocycles. The molecule has 0 saturated heterocycles. The zero-order valence-corrected chi connectivity index (χ0v) is 21.0. The summed E-state index contributed by atoms with van der Waals surface area (Å²) in [6.07, 6.45) is 10.7. The number of carbonyl (C=O) groups excluding carboxylic acids is 4. The van der Waals surface area contributed by atoms with Crippen LogP contribution in [0.5, 0.6) is 0 Å². The van der Waals surface area contributed by atoms with Crippen molar-refractivity contribution in [1.82, 2.24) is 0 Å². The van der Waals surface area contributed by atoms with Crippen molar-refractivity contribution in [2.24, 2.45) is 34.5 Å². The van der Waals surface area contributed by atoms with E-state index in [-0.39, 0.29) is 52.7 Å². The quantitative estimate of drug-likeness (QED) is 0.528. The number of benzene rings is 1. The zero-order chi connectivity index (χ0) is 25.5. The number of esters is 2. The summed E-state index contributed by atoms with van der Waals surface area (Å²) in [5, 5.41) is 0. The summed E-state index contributed by atoms with van der Waals surface area (Å²) in [6, 6.07) is 8.74. The second-order valence-corrected chi connectivity index (χ2v) is 11.2. The highest BCUT2D eigenvalue weighted by Gasteiger charge is 2.60. The van der Waals surface area contributed by atoms with Crippen LogP contribution in [0.1, 0.15) is 62.7 Å². The lowest BCUT2D eigenvalue weighted by Crippen LogP contribution is -2.52. The van der Waals surface area contributed by atoms with E-state index >= 15 is 0 Å². The molecule has 0 amide bonds. The molecular weight excluding hydrogens is 456 g/mol. The highest BCUT2D eigenvalue weighted by molar-refractivity contribution is 5.93. The van der Waals surface area contributed by atoms with Crippen LogP contribution in [0.15, 0.2) is 54.1 Å². The van der Waals surface area contributed by atoms with Gasteiger partial charge in [0.25, 0.3) is 0 Å². The van der Waals surface area contributed by atoms with Gasteiger partial charge in [0.2, 0.25) is 0 Å². The van der Waals surface area contributed by atoms with Gasteiger partial charge in [-0.25, -0.2) is 4.79 Å². The Morgan fingerprint density at radius 1 is 1.00 bits per heavy atom. The minimum absolute atomic E-state index is 0.000921. The first-order valence-electron chi connectivity index (χ1n) is 13.1. The molecule has 4 aliphatic carbocycles. The predicted molar refractivity (Wildman–Crippen MR) is 133 cm³/mol. The molecule has 1 aromatic carbocycles. The SMILES string of the molecule is CC(=O)OC[C@]12CCC(=O)C=C1C=C[C@@H]1[C@@H]2CC[C@]2(C)[C@@H](C(=O)COC(=O)c3ccccc3)CC[C@@H]12. The minimum Gasteiger partial charge on any atom is -0.465 e. The molecule has 0 unspecified atom stereocenters. The van der Waals surface area contributed by atoms with Crippen molar-refractivity contribution in [2.45, 2.75) is 52.4 Å². The summed E-state index contributed by atoms with van der Waals surface area (Å²) in [4.78, 5) is 49.6. The largest absolute Gasteiger partial charge is 0.465 e. The topological polar surface area (TPSA) is 86.7 Å². The smallest absolute Gasteiger partial charge is 0.338 e. The first-order chi connectivity index (χ1) is 17.2. The van der Waals surface area contributed by atoms with Gasteiger partial charge in [-0.2, -0.15) is 0 Å². The van der Waals surface area contributed by atoms with Gasteiger partial charge in [0.15, 0.2) is 18.2 Å². The molecular formula is C30H34O6. The fourth-order valence-corrected chi connectivity index (χ4v) is 7.73. The van der Waals surface area contributed by atoms with Gasteiger partial charge in [0, 0.05) is 24.7 Å². The Morgan fingerprint density at radius 2 is 1.78 bits per heavy atom. The number of rotatable bonds is 6. The fourth-order valence-electron chi connectivity index (χ4n) is 7.73. The molecule has 0 aromatic heterocycles. The average molecular weight is 491 g/mol. The molecule has 36 heavy (non-hydrogen) atoms. The Morgan fingerprint density at radius 3 is 2.53 bits per heavy atom. The third-order valence-corrected chi connectivity index (χ3v) is 9.53. The molecule has 0 spiro atoms. The van der Waals surface area contributed by atoms with E-state index < -0.39 is 5.97 Å². The molecule has 6 heteroatoms. The third kappa shape index (κ3) is 4.14. The van der Waals surface area contributed by atoms with Crippen LogP contribution in [0.4, 0.5) is 0 Å². The molecule has 0 aliphatic heterocycles. The second kappa shape index (κ2) is 9.45. The highest BCUT2D eigenvalue weighted by Crippen LogP contribution is 2.65. The highest BCUT2D eigenvalue weighted by atomic mass is 16.5. The number of allylic oxidation sites excluding steroid dienone is 3. The van der Waals surface area contributed by atoms with Gasteiger partial charge in [0.05, 0.1) is 5.56 Å². The van der Waals surface area contributed by atoms with E-state index in [1.807, 2.05) is 6.07 Å². The third-order valence-electron chi connectivity index (χ3n) is 9.53. The van der Waals surface area contributed by atoms with Gasteiger partial charge in [-0.15, -0.1) is 0 Å². The summed E-state index contributed by atoms with van der Waals surface area (Å²) >= 11 is 0. The second-order valence-electron chi connectivity index (χ2n) is 11.2. The molecule has 1 aromatic rings. The van der Waals surface area contributed by atoms with Crippen LogP contribution in [0.2, 0.25) is 0 Å². The Bertz CT molecular complexity index is 1130. The van der Waals surface area contributed by atoms with E-state index in [1.54, 1.807) is 30.3 Å². The van der Waals surface area contributed by atoms with Gasteiger partial charge in [-0.1, -0.05) is 37.3 Å². The molecule has 6 nitrogen and oxygen atoms in total. The number of ether oxygens (including phenoxy) is 2. The Labute approximate surface area is 212 Å². The molecule has 6 atom stereocenters. The first-order valence-corrected chi connectivity index (χ1v) is 13.1. The maximum atomic E-state index is 13.3. The predicted octanol–water partition coefficient (Wildman–Crippen LogP) is 4.88. The van der Waals surface area contributed by atoms with E-state index in [0.717, 1.165) is 31.3 Å². The molecule has 4 aliphatic rings. The normalized spacial score (nSPS) is 34.6. The average Bonchev–Trinajstić information content (AvgIpc) is 3.23. The standard InChI is InChI=1S/C30H34O6/c1-19(31)36-18-30-15-12-22(32)16-21(30)8-9-23-24-10-11-26(29(24,2)14-13-25(23)30)27(33)17-35-28(34)20-6-4-3-5-7-20/h3-9,16,23-26H,10-15,17-18H2,1-2H3/t23-,24-,25-,26+,29-,30+/m0/s1. The van der Waals surface area contributed by atoms with E-state index in [1.165, 1.54) is 6.92 Å². The number of hydrogen-bond acceptors (Lipinski definition) is 6. The minimum atomic E-state index is -0.471. The van der Waals surface area contributed by atoms with Gasteiger partial charge in [0.1, 0.15) is 6.61 Å². The molecule has 0 radical (unpaired) electrons. The molecule has 0 heterocycles. The van der Waals surface area contributed by atoms with Crippen molar-refractivity contribution < 1.29 is 28.7 Å². The molecule has 0 N–H and O–H groups in total. The van der Waals surface area contributed by atoms with Crippen molar-refractivity contribution in [2.75, 3.05) is 13.2 Å². The van der Waals surface area contributed by atoms with Gasteiger partial charge in [-0.05, 0) is 79.1 Å². The van der Waals surface area contributed by atoms with E-state index in [9.17, 15) is 19.2 Å². The molecule has 0 bridgehead atoms. The van der Waals surface area contributed by atoms with Crippen LogP contribution in [0, 0.1) is 34.5 Å². The zero-order valence-electron chi connectivity index (χ0n) is 21.0. The van der Waals surface area contributed by atoms with Gasteiger partial charge in [-0.3, -0.25) is 14.4 Å². The number of carbonyl (C=O) groups is 4. The van der Waals surface area contributed by atoms with Crippen LogP contribution in [-0.4, -0.2) is 36.7 Å². The van der Waals surface area contributed by atoms with E-state index in [0.29, 0.717) is 30.9 Å². The Hall–Kier alpha value is -3.02. The number of Topliss-reactive ketones (excluding diaryl/α,β-unsaturated/α-hetero) is 1. The Kier molecular flexibility index (Phi) is 6.48. The molecule has 2 fully saturated rings. The van der Waals surface area contributed by atoms with Gasteiger partial charge < -0.3 is 9.47 Å². The lowest BCUT2D eigenvalue weighted by atomic mass is 9.48. The van der Waals surface area contributed by atoms with Crippen LogP contribution >= 0.6 is 0 Å². The number of hydrogen-bond donors (Lipinski definition) is 0. The van der Waals surface area contributed by atoms with Crippen LogP contribution < -0.4 is 0 Å². The fraction of sp³-hybridized carbons (Fsp3) is 0.533. The Balaban J connectivity index is 1.34. The van der Waals surface area contributed by atoms with E-state index in [4.69, 9.17) is 9.47 Å². The van der Waals surface area contributed by atoms with Crippen molar-refractivity contribution >= 4 is 23.5 Å². The summed E-state index contributed by atoms with van der Waals surface area (Å²) in [5.41, 5.74) is 0.925. The lowest BCUT2D eigenvalue weighted by molar-refractivity contribution is -0.148. The van der Waals surface area contributed by atoms with E-state index in [2.05, 4.69) is 19.1 Å². The number of ketones is 2. The first kappa shape index (κ1) is 24.7. The molecule has 190 valence electrons. The summed E-state index contributed by atoms with van der Waals surface area (Å²) in [5.74, 6) is 0.0580. The van der Waals surface area contributed by atoms with Crippen LogP contribution in [0.25, 0.3) is 0 Å². The summed E-state index contributed by atoms with van der Waals surface area (Å²) in [7, 11) is 0. The van der Waals surface area contributed by atoms with Crippen LogP contribution in [0.3, 0.4) is 0 Å². The van der Waals surface area contributed by atoms with Gasteiger partial charge >= 0.3 is 11.9 Å². The van der Waals surface area contributed by atoms with Crippen LogP contribution in [-0.2, 0) is 23.9 Å². The van der Waals surface area contributed by atoms with Crippen molar-refractivity contribution in [3.05, 3.63) is 59.7 Å². The maximum Gasteiger partial charge on any atom is 0.338 e. The summed E-state index contributed by atoms with van der Waals surface area (Å²) < 4.78 is 11.0. The van der Waals surface area contributed by atoms with Crippen molar-refractivity contribution in [3.8, 4) is 0 Å². The monoisotopic (exact) mass is 490 g/mol. The summed E-state index contributed by atoms with van der Waals surface area (Å²) in [6.45, 7) is 3.76. The lowest BCUT2D eigenvalue weighted by Gasteiger charge is -2.56. The maximum absolute atomic E-state index is 13.3.